The number of aliphatic carboxylic acids is 1. The van der Waals surface area contributed by atoms with E-state index in [9.17, 15) is 13.2 Å². The lowest BCUT2D eigenvalue weighted by atomic mass is 10.2. The van der Waals surface area contributed by atoms with Gasteiger partial charge in [0.1, 0.15) is 12.4 Å². The van der Waals surface area contributed by atoms with Crippen molar-refractivity contribution >= 4 is 16.0 Å². The molecule has 0 bridgehead atoms. The third-order valence-electron chi connectivity index (χ3n) is 3.68. The van der Waals surface area contributed by atoms with Crippen LogP contribution in [0.5, 0.6) is 0 Å². The molecule has 0 saturated heterocycles. The fourth-order valence-corrected chi connectivity index (χ4v) is 4.17. The fraction of sp³-hybridized carbons (Fsp3) is 0.667. The maximum Gasteiger partial charge on any atom is 0.318 e. The molecule has 0 amide bonds. The van der Waals surface area contributed by atoms with E-state index in [1.54, 1.807) is 18.5 Å². The van der Waals surface area contributed by atoms with E-state index in [0.717, 1.165) is 17.1 Å². The average molecular weight is 301 g/mol. The molecule has 1 aromatic rings. The first kappa shape index (κ1) is 15.0. The van der Waals surface area contributed by atoms with Crippen LogP contribution in [0, 0.1) is 6.92 Å². The summed E-state index contributed by atoms with van der Waals surface area (Å²) in [7, 11) is -2.15. The van der Waals surface area contributed by atoms with E-state index in [2.05, 4.69) is 4.98 Å². The zero-order valence-corrected chi connectivity index (χ0v) is 12.4. The molecule has 1 aliphatic rings. The summed E-state index contributed by atoms with van der Waals surface area (Å²) >= 11 is 0. The predicted octanol–water partition coefficient (Wildman–Crippen LogP) is 0.746. The smallest absolute Gasteiger partial charge is 0.318 e. The summed E-state index contributed by atoms with van der Waals surface area (Å²) in [5, 5.41) is 8.90. The molecule has 0 radical (unpaired) electrons. The van der Waals surface area contributed by atoms with Crippen LogP contribution < -0.4 is 0 Å². The second-order valence-corrected chi connectivity index (χ2v) is 6.96. The Bertz CT molecular complexity index is 583. The van der Waals surface area contributed by atoms with Gasteiger partial charge in [-0.3, -0.25) is 4.79 Å². The Morgan fingerprint density at radius 2 is 2.10 bits per heavy atom. The van der Waals surface area contributed by atoms with Gasteiger partial charge in [-0.05, 0) is 19.8 Å². The number of sulfonamides is 1. The van der Waals surface area contributed by atoms with E-state index in [-0.39, 0.29) is 11.1 Å². The first-order chi connectivity index (χ1) is 9.32. The van der Waals surface area contributed by atoms with Gasteiger partial charge in [0.25, 0.3) is 10.0 Å². The topological polar surface area (TPSA) is 92.5 Å². The SMILES string of the molecule is Cc1nc(S(=O)(=O)N(CC(=O)O)C2CCCC2)cn1C. The second-order valence-electron chi connectivity index (χ2n) is 5.12. The first-order valence-electron chi connectivity index (χ1n) is 6.56. The molecule has 1 N–H and O–H groups in total. The van der Waals surface area contributed by atoms with Gasteiger partial charge in [-0.15, -0.1) is 0 Å². The molecule has 1 aliphatic carbocycles. The lowest BCUT2D eigenvalue weighted by molar-refractivity contribution is -0.137. The molecule has 1 heterocycles. The van der Waals surface area contributed by atoms with Crippen LogP contribution in [0.4, 0.5) is 0 Å². The van der Waals surface area contributed by atoms with Crippen molar-refractivity contribution < 1.29 is 18.3 Å². The monoisotopic (exact) mass is 301 g/mol. The lowest BCUT2D eigenvalue weighted by Crippen LogP contribution is -2.42. The molecule has 0 aromatic carbocycles. The molecule has 1 saturated carbocycles. The Balaban J connectivity index is 2.37. The summed E-state index contributed by atoms with van der Waals surface area (Å²) in [6.45, 7) is 1.19. The Kier molecular flexibility index (Phi) is 4.14. The Morgan fingerprint density at radius 3 is 2.55 bits per heavy atom. The largest absolute Gasteiger partial charge is 0.480 e. The zero-order chi connectivity index (χ0) is 14.9. The molecule has 8 heteroatoms. The summed E-state index contributed by atoms with van der Waals surface area (Å²) in [5.74, 6) is -0.571. The predicted molar refractivity (Wildman–Crippen MR) is 71.7 cm³/mol. The second kappa shape index (κ2) is 5.53. The van der Waals surface area contributed by atoms with Crippen molar-refractivity contribution in [2.45, 2.75) is 43.7 Å². The summed E-state index contributed by atoms with van der Waals surface area (Å²) < 4.78 is 27.9. The van der Waals surface area contributed by atoms with Gasteiger partial charge in [-0.1, -0.05) is 12.8 Å². The molecule has 0 unspecified atom stereocenters. The summed E-state index contributed by atoms with van der Waals surface area (Å²) in [5.41, 5.74) is 0. The van der Waals surface area contributed by atoms with Crippen LogP contribution in [0.15, 0.2) is 11.2 Å². The molecule has 0 spiro atoms. The number of nitrogens with zero attached hydrogens (tertiary/aromatic N) is 3. The lowest BCUT2D eigenvalue weighted by Gasteiger charge is -2.25. The van der Waals surface area contributed by atoms with Crippen molar-refractivity contribution in [3.05, 3.63) is 12.0 Å². The number of hydrogen-bond acceptors (Lipinski definition) is 4. The maximum atomic E-state index is 12.6. The van der Waals surface area contributed by atoms with Crippen molar-refractivity contribution in [2.75, 3.05) is 6.54 Å². The van der Waals surface area contributed by atoms with E-state index >= 15 is 0 Å². The summed E-state index contributed by atoms with van der Waals surface area (Å²) in [4.78, 5) is 15.0. The van der Waals surface area contributed by atoms with E-state index in [4.69, 9.17) is 5.11 Å². The quantitative estimate of drug-likeness (QED) is 0.866. The van der Waals surface area contributed by atoms with E-state index < -0.39 is 22.5 Å². The minimum absolute atomic E-state index is 0.0781. The molecule has 0 atom stereocenters. The van der Waals surface area contributed by atoms with Crippen LogP contribution >= 0.6 is 0 Å². The van der Waals surface area contributed by atoms with Gasteiger partial charge in [0.2, 0.25) is 0 Å². The number of carboxylic acids is 1. The molecule has 7 nitrogen and oxygen atoms in total. The van der Waals surface area contributed by atoms with Crippen LogP contribution in [0.3, 0.4) is 0 Å². The van der Waals surface area contributed by atoms with Crippen molar-refractivity contribution in [1.29, 1.82) is 0 Å². The number of imidazole rings is 1. The number of aromatic nitrogens is 2. The molecular formula is C12H19N3O4S. The van der Waals surface area contributed by atoms with Gasteiger partial charge in [-0.2, -0.15) is 4.31 Å². The van der Waals surface area contributed by atoms with Crippen LogP contribution in [0.2, 0.25) is 0 Å². The third kappa shape index (κ3) is 2.85. The van der Waals surface area contributed by atoms with Crippen molar-refractivity contribution in [1.82, 2.24) is 13.9 Å². The molecule has 0 aliphatic heterocycles. The highest BCUT2D eigenvalue weighted by atomic mass is 32.2. The standard InChI is InChI=1S/C12H19N3O4S/c1-9-13-11(7-14(9)2)20(18,19)15(8-12(16)17)10-5-3-4-6-10/h7,10H,3-6,8H2,1-2H3,(H,16,17). The molecule has 2 rings (SSSR count). The fourth-order valence-electron chi connectivity index (χ4n) is 2.51. The average Bonchev–Trinajstić information content (AvgIpc) is 2.97. The highest BCUT2D eigenvalue weighted by Crippen LogP contribution is 2.28. The van der Waals surface area contributed by atoms with E-state index in [1.807, 2.05) is 0 Å². The maximum absolute atomic E-state index is 12.6. The first-order valence-corrected chi connectivity index (χ1v) is 8.00. The number of rotatable bonds is 5. The van der Waals surface area contributed by atoms with Gasteiger partial charge in [-0.25, -0.2) is 13.4 Å². The van der Waals surface area contributed by atoms with E-state index in [0.29, 0.717) is 18.7 Å². The van der Waals surface area contributed by atoms with Crippen LogP contribution in [0.25, 0.3) is 0 Å². The molecule has 112 valence electrons. The van der Waals surface area contributed by atoms with Gasteiger partial charge in [0.15, 0.2) is 5.03 Å². The number of carbonyl (C=O) groups is 1. The number of carboxylic acid groups (broad SMARTS) is 1. The van der Waals surface area contributed by atoms with Gasteiger partial charge < -0.3 is 9.67 Å². The van der Waals surface area contributed by atoms with Crippen molar-refractivity contribution in [3.8, 4) is 0 Å². The Labute approximate surface area is 118 Å². The summed E-state index contributed by atoms with van der Waals surface area (Å²) in [6, 6.07) is -0.238. The minimum Gasteiger partial charge on any atom is -0.480 e. The molecule has 1 fully saturated rings. The number of aryl methyl sites for hydroxylation is 2. The van der Waals surface area contributed by atoms with Gasteiger partial charge >= 0.3 is 5.97 Å². The highest BCUT2D eigenvalue weighted by Gasteiger charge is 2.36. The van der Waals surface area contributed by atoms with Crippen molar-refractivity contribution in [2.24, 2.45) is 7.05 Å². The molecule has 20 heavy (non-hydrogen) atoms. The third-order valence-corrected chi connectivity index (χ3v) is 5.45. The molecular weight excluding hydrogens is 282 g/mol. The van der Waals surface area contributed by atoms with Crippen LogP contribution in [0.1, 0.15) is 31.5 Å². The zero-order valence-electron chi connectivity index (χ0n) is 11.6. The van der Waals surface area contributed by atoms with E-state index in [1.165, 1.54) is 6.20 Å². The number of hydrogen-bond donors (Lipinski definition) is 1. The van der Waals surface area contributed by atoms with Crippen LogP contribution in [-0.2, 0) is 21.9 Å². The Hall–Kier alpha value is -1.41. The Morgan fingerprint density at radius 1 is 1.50 bits per heavy atom. The minimum atomic E-state index is -3.86. The summed E-state index contributed by atoms with van der Waals surface area (Å²) in [6.07, 6.45) is 4.69. The van der Waals surface area contributed by atoms with Gasteiger partial charge in [0.05, 0.1) is 0 Å². The highest BCUT2D eigenvalue weighted by molar-refractivity contribution is 7.89. The normalized spacial score (nSPS) is 16.9. The van der Waals surface area contributed by atoms with Gasteiger partial charge in [0, 0.05) is 19.3 Å². The molecule has 1 aromatic heterocycles. The van der Waals surface area contributed by atoms with Crippen LogP contribution in [-0.4, -0.2) is 45.9 Å². The van der Waals surface area contributed by atoms with Crippen molar-refractivity contribution in [3.63, 3.8) is 0 Å².